The van der Waals surface area contributed by atoms with Crippen molar-refractivity contribution >= 4 is 0 Å². The number of nitrogens with two attached hydrogens (primary N) is 1. The smallest absolute Gasteiger partial charge is 0.0315 e. The third-order valence-corrected chi connectivity index (χ3v) is 5.18. The minimum Gasteiger partial charge on any atom is -0.330 e. The van der Waals surface area contributed by atoms with E-state index in [4.69, 9.17) is 12.2 Å². The molecule has 0 bridgehead atoms. The highest BCUT2D eigenvalue weighted by molar-refractivity contribution is 5.33. The fourth-order valence-electron chi connectivity index (χ4n) is 3.61. The van der Waals surface area contributed by atoms with Crippen molar-refractivity contribution in [2.75, 3.05) is 6.54 Å². The van der Waals surface area contributed by atoms with Crippen LogP contribution in [0.3, 0.4) is 0 Å². The predicted molar refractivity (Wildman–Crippen MR) is 103 cm³/mol. The zero-order valence-corrected chi connectivity index (χ0v) is 15.6. The minimum atomic E-state index is 0.0782. The molecular formula is C22H35N. The van der Waals surface area contributed by atoms with Gasteiger partial charge in [-0.05, 0) is 68.2 Å². The lowest BCUT2D eigenvalue weighted by Crippen LogP contribution is -2.19. The summed E-state index contributed by atoms with van der Waals surface area (Å²) in [6.45, 7) is 9.70. The van der Waals surface area contributed by atoms with E-state index in [0.29, 0.717) is 5.92 Å². The summed E-state index contributed by atoms with van der Waals surface area (Å²) >= 11 is 0. The molecule has 1 atom stereocenters. The molecule has 0 aliphatic carbocycles. The van der Waals surface area contributed by atoms with Crippen molar-refractivity contribution in [2.45, 2.75) is 78.6 Å². The average Bonchev–Trinajstić information content (AvgIpc) is 2.54. The van der Waals surface area contributed by atoms with E-state index in [2.05, 4.69) is 51.8 Å². The third-order valence-electron chi connectivity index (χ3n) is 5.18. The van der Waals surface area contributed by atoms with E-state index in [9.17, 15) is 0 Å². The number of terminal acetylenes is 1. The highest BCUT2D eigenvalue weighted by Gasteiger charge is 2.25. The van der Waals surface area contributed by atoms with Crippen molar-refractivity contribution in [3.63, 3.8) is 0 Å². The highest BCUT2D eigenvalue weighted by Crippen LogP contribution is 2.35. The summed E-state index contributed by atoms with van der Waals surface area (Å²) in [7, 11) is 0. The van der Waals surface area contributed by atoms with Crippen molar-refractivity contribution in [1.82, 2.24) is 0 Å². The summed E-state index contributed by atoms with van der Waals surface area (Å²) in [5, 5.41) is 0. The van der Waals surface area contributed by atoms with Gasteiger partial charge in [0.05, 0.1) is 0 Å². The van der Waals surface area contributed by atoms with Crippen LogP contribution in [0, 0.1) is 24.7 Å². The van der Waals surface area contributed by atoms with Crippen molar-refractivity contribution in [3.05, 3.63) is 34.9 Å². The van der Waals surface area contributed by atoms with E-state index in [0.717, 1.165) is 51.5 Å². The maximum atomic E-state index is 5.94. The Morgan fingerprint density at radius 1 is 1.17 bits per heavy atom. The molecule has 0 aromatic heterocycles. The van der Waals surface area contributed by atoms with Gasteiger partial charge in [-0.2, -0.15) is 0 Å². The first kappa shape index (κ1) is 19.8. The first-order chi connectivity index (χ1) is 11.0. The monoisotopic (exact) mass is 313 g/mol. The molecule has 1 aromatic rings. The fraction of sp³-hybridized carbons (Fsp3) is 0.636. The average molecular weight is 314 g/mol. The maximum absolute atomic E-state index is 5.94. The zero-order valence-electron chi connectivity index (χ0n) is 15.6. The molecule has 0 amide bonds. The molecular weight excluding hydrogens is 278 g/mol. The molecule has 1 rings (SSSR count). The van der Waals surface area contributed by atoms with Gasteiger partial charge in [0.1, 0.15) is 0 Å². The van der Waals surface area contributed by atoms with Crippen molar-refractivity contribution in [2.24, 2.45) is 11.1 Å². The topological polar surface area (TPSA) is 26.0 Å². The van der Waals surface area contributed by atoms with Crippen molar-refractivity contribution in [3.8, 4) is 12.3 Å². The van der Waals surface area contributed by atoms with Crippen LogP contribution in [0.4, 0.5) is 0 Å². The molecule has 0 spiro atoms. The summed E-state index contributed by atoms with van der Waals surface area (Å²) in [5.74, 6) is 3.68. The van der Waals surface area contributed by atoms with Gasteiger partial charge in [0, 0.05) is 5.41 Å². The fourth-order valence-corrected chi connectivity index (χ4v) is 3.61. The summed E-state index contributed by atoms with van der Waals surface area (Å²) in [4.78, 5) is 0. The van der Waals surface area contributed by atoms with Gasteiger partial charge in [-0.1, -0.05) is 57.7 Å². The Labute approximate surface area is 144 Å². The molecule has 128 valence electrons. The summed E-state index contributed by atoms with van der Waals surface area (Å²) in [6, 6.07) is 6.90. The first-order valence-corrected chi connectivity index (χ1v) is 9.29. The Morgan fingerprint density at radius 2 is 1.83 bits per heavy atom. The number of benzene rings is 1. The van der Waals surface area contributed by atoms with Gasteiger partial charge >= 0.3 is 0 Å². The predicted octanol–water partition coefficient (Wildman–Crippen LogP) is 5.60. The lowest BCUT2D eigenvalue weighted by Gasteiger charge is -2.28. The Balaban J connectivity index is 2.90. The molecule has 23 heavy (non-hydrogen) atoms. The summed E-state index contributed by atoms with van der Waals surface area (Å²) < 4.78 is 0. The van der Waals surface area contributed by atoms with Gasteiger partial charge in [0.25, 0.3) is 0 Å². The summed E-state index contributed by atoms with van der Waals surface area (Å²) in [5.41, 5.74) is 10.0. The molecule has 0 saturated heterocycles. The number of hydrogen-bond acceptors (Lipinski definition) is 1. The second-order valence-electron chi connectivity index (χ2n) is 7.09. The van der Waals surface area contributed by atoms with E-state index >= 15 is 0 Å². The Kier molecular flexibility index (Phi) is 8.42. The Hall–Kier alpha value is -1.26. The van der Waals surface area contributed by atoms with Crippen LogP contribution >= 0.6 is 0 Å². The molecule has 1 nitrogen and oxygen atoms in total. The second-order valence-corrected chi connectivity index (χ2v) is 7.09. The van der Waals surface area contributed by atoms with Gasteiger partial charge < -0.3 is 5.73 Å². The van der Waals surface area contributed by atoms with E-state index < -0.39 is 0 Å². The molecule has 2 N–H and O–H groups in total. The molecule has 1 unspecified atom stereocenters. The van der Waals surface area contributed by atoms with Crippen molar-refractivity contribution < 1.29 is 0 Å². The molecule has 0 aliphatic heterocycles. The first-order valence-electron chi connectivity index (χ1n) is 9.29. The van der Waals surface area contributed by atoms with Crippen LogP contribution in [-0.2, 0) is 6.42 Å². The molecule has 1 aromatic carbocycles. The highest BCUT2D eigenvalue weighted by atomic mass is 14.5. The maximum Gasteiger partial charge on any atom is 0.0315 e. The standard InChI is InChI=1S/C22H35N/c1-6-13-22(8-3,14-7-2)15-11-21-17-20(10-9-18(21)4)19(5)12-16-23/h3,9-10,17,19H,6-7,11-16,23H2,1-2,4-5H3. The molecule has 1 heteroatoms. The third kappa shape index (κ3) is 5.70. The van der Waals surface area contributed by atoms with Crippen LogP contribution in [0.25, 0.3) is 0 Å². The van der Waals surface area contributed by atoms with Crippen LogP contribution in [0.15, 0.2) is 18.2 Å². The Bertz CT molecular complexity index is 503. The lowest BCUT2D eigenvalue weighted by molar-refractivity contribution is 0.307. The lowest BCUT2D eigenvalue weighted by atomic mass is 9.75. The molecule has 0 heterocycles. The van der Waals surface area contributed by atoms with E-state index in [1.54, 1.807) is 0 Å². The quantitative estimate of drug-likeness (QED) is 0.559. The second kappa shape index (κ2) is 9.78. The van der Waals surface area contributed by atoms with Gasteiger partial charge in [-0.3, -0.25) is 0 Å². The largest absolute Gasteiger partial charge is 0.330 e. The van der Waals surface area contributed by atoms with E-state index in [-0.39, 0.29) is 5.41 Å². The van der Waals surface area contributed by atoms with E-state index in [1.165, 1.54) is 16.7 Å². The minimum absolute atomic E-state index is 0.0782. The SMILES string of the molecule is C#CC(CCC)(CCC)CCc1cc(C(C)CCN)ccc1C. The van der Waals surface area contributed by atoms with Crippen molar-refractivity contribution in [1.29, 1.82) is 0 Å². The molecule has 0 fully saturated rings. The number of rotatable bonds is 10. The van der Waals surface area contributed by atoms with Gasteiger partial charge in [-0.25, -0.2) is 0 Å². The molecule has 0 aliphatic rings. The number of hydrogen-bond donors (Lipinski definition) is 1. The summed E-state index contributed by atoms with van der Waals surface area (Å²) in [6.07, 6.45) is 13.8. The zero-order chi connectivity index (χ0) is 17.3. The normalized spacial score (nSPS) is 12.9. The van der Waals surface area contributed by atoms with Crippen LogP contribution in [0.2, 0.25) is 0 Å². The van der Waals surface area contributed by atoms with Crippen LogP contribution in [0.5, 0.6) is 0 Å². The molecule has 0 saturated carbocycles. The van der Waals surface area contributed by atoms with Crippen LogP contribution in [-0.4, -0.2) is 6.54 Å². The van der Waals surface area contributed by atoms with Crippen LogP contribution < -0.4 is 5.73 Å². The van der Waals surface area contributed by atoms with Gasteiger partial charge in [0.2, 0.25) is 0 Å². The van der Waals surface area contributed by atoms with Crippen LogP contribution in [0.1, 0.15) is 81.9 Å². The van der Waals surface area contributed by atoms with Gasteiger partial charge in [0.15, 0.2) is 0 Å². The Morgan fingerprint density at radius 3 is 2.35 bits per heavy atom. The van der Waals surface area contributed by atoms with E-state index in [1.807, 2.05) is 0 Å². The molecule has 0 radical (unpaired) electrons. The van der Waals surface area contributed by atoms with Gasteiger partial charge in [-0.15, -0.1) is 6.42 Å². The number of aryl methyl sites for hydroxylation is 2.